The number of nitrogens with zero attached hydrogens (tertiary/aromatic N) is 1. The van der Waals surface area contributed by atoms with Crippen LogP contribution in [0.2, 0.25) is 0 Å². The van der Waals surface area contributed by atoms with Crippen molar-refractivity contribution in [2.75, 3.05) is 11.9 Å². The Morgan fingerprint density at radius 1 is 1.71 bits per heavy atom. The van der Waals surface area contributed by atoms with E-state index in [2.05, 4.69) is 24.1 Å². The summed E-state index contributed by atoms with van der Waals surface area (Å²) >= 11 is 1.51. The molecule has 0 amide bonds. The fourth-order valence-electron chi connectivity index (χ4n) is 0.909. The Morgan fingerprint density at radius 2 is 2.43 bits per heavy atom. The number of aromatic nitrogens is 1. The van der Waals surface area contributed by atoms with E-state index in [9.17, 15) is 4.79 Å². The number of rotatable bonds is 5. The third-order valence-electron chi connectivity index (χ3n) is 1.73. The van der Waals surface area contributed by atoms with E-state index >= 15 is 0 Å². The number of anilines is 1. The van der Waals surface area contributed by atoms with Crippen LogP contribution in [0.15, 0.2) is 5.38 Å². The van der Waals surface area contributed by atoms with E-state index in [1.807, 2.05) is 5.38 Å². The summed E-state index contributed by atoms with van der Waals surface area (Å²) in [4.78, 5) is 14.6. The largest absolute Gasteiger partial charge is 0.481 e. The summed E-state index contributed by atoms with van der Waals surface area (Å²) in [6, 6.07) is 0. The van der Waals surface area contributed by atoms with Crippen LogP contribution in [0.25, 0.3) is 0 Å². The van der Waals surface area contributed by atoms with Gasteiger partial charge in [0.2, 0.25) is 0 Å². The number of hydrogen-bond donors (Lipinski definition) is 2. The van der Waals surface area contributed by atoms with E-state index in [1.54, 1.807) is 0 Å². The maximum Gasteiger partial charge on any atom is 0.305 e. The maximum atomic E-state index is 10.2. The third kappa shape index (κ3) is 3.33. The molecule has 0 saturated heterocycles. The highest BCUT2D eigenvalue weighted by atomic mass is 32.1. The van der Waals surface area contributed by atoms with Crippen molar-refractivity contribution in [2.24, 2.45) is 0 Å². The average molecular weight is 214 g/mol. The molecule has 0 saturated carbocycles. The minimum atomic E-state index is -0.793. The SMILES string of the molecule is CC(C)c1csc(NCCC(=O)O)n1. The van der Waals surface area contributed by atoms with Crippen LogP contribution in [0.3, 0.4) is 0 Å². The lowest BCUT2D eigenvalue weighted by atomic mass is 10.2. The maximum absolute atomic E-state index is 10.2. The van der Waals surface area contributed by atoms with Gasteiger partial charge in [-0.1, -0.05) is 13.8 Å². The molecular weight excluding hydrogens is 200 g/mol. The Bertz CT molecular complexity index is 310. The fourth-order valence-corrected chi connectivity index (χ4v) is 1.81. The standard InChI is InChI=1S/C9H14N2O2S/c1-6(2)7-5-14-9(11-7)10-4-3-8(12)13/h5-6H,3-4H2,1-2H3,(H,10,11)(H,12,13). The minimum Gasteiger partial charge on any atom is -0.481 e. The monoisotopic (exact) mass is 214 g/mol. The highest BCUT2D eigenvalue weighted by molar-refractivity contribution is 7.13. The second kappa shape index (κ2) is 4.95. The van der Waals surface area contributed by atoms with Gasteiger partial charge in [0.1, 0.15) is 0 Å². The van der Waals surface area contributed by atoms with Gasteiger partial charge in [-0.15, -0.1) is 11.3 Å². The van der Waals surface area contributed by atoms with Gasteiger partial charge in [0, 0.05) is 11.9 Å². The minimum absolute atomic E-state index is 0.122. The summed E-state index contributed by atoms with van der Waals surface area (Å²) < 4.78 is 0. The molecule has 0 aliphatic heterocycles. The average Bonchev–Trinajstić information content (AvgIpc) is 2.52. The first-order chi connectivity index (χ1) is 6.59. The van der Waals surface area contributed by atoms with Crippen molar-refractivity contribution in [3.8, 4) is 0 Å². The van der Waals surface area contributed by atoms with E-state index < -0.39 is 5.97 Å². The van der Waals surface area contributed by atoms with Gasteiger partial charge in [-0.05, 0) is 5.92 Å². The molecule has 0 bridgehead atoms. The van der Waals surface area contributed by atoms with Crippen LogP contribution in [0.1, 0.15) is 31.9 Å². The topological polar surface area (TPSA) is 62.2 Å². The number of thiazole rings is 1. The van der Waals surface area contributed by atoms with Crippen LogP contribution in [0, 0.1) is 0 Å². The van der Waals surface area contributed by atoms with Crippen LogP contribution in [-0.4, -0.2) is 22.6 Å². The number of carboxylic acid groups (broad SMARTS) is 1. The summed E-state index contributed by atoms with van der Waals surface area (Å²) in [5, 5.41) is 14.2. The van der Waals surface area contributed by atoms with E-state index in [1.165, 1.54) is 11.3 Å². The number of carbonyl (C=O) groups is 1. The zero-order valence-corrected chi connectivity index (χ0v) is 9.10. The second-order valence-corrected chi connectivity index (χ2v) is 4.16. The first-order valence-electron chi connectivity index (χ1n) is 4.50. The molecule has 78 valence electrons. The molecule has 0 fully saturated rings. The Morgan fingerprint density at radius 3 is 2.93 bits per heavy atom. The van der Waals surface area contributed by atoms with Gasteiger partial charge >= 0.3 is 5.97 Å². The van der Waals surface area contributed by atoms with Crippen molar-refractivity contribution < 1.29 is 9.90 Å². The number of carboxylic acids is 1. The second-order valence-electron chi connectivity index (χ2n) is 3.30. The molecule has 0 spiro atoms. The van der Waals surface area contributed by atoms with Crippen molar-refractivity contribution in [1.29, 1.82) is 0 Å². The molecule has 0 unspecified atom stereocenters. The smallest absolute Gasteiger partial charge is 0.305 e. The normalized spacial score (nSPS) is 10.5. The zero-order chi connectivity index (χ0) is 10.6. The molecule has 1 aromatic heterocycles. The molecule has 4 nitrogen and oxygen atoms in total. The molecule has 0 aliphatic carbocycles. The Balaban J connectivity index is 2.40. The summed E-state index contributed by atoms with van der Waals surface area (Å²) in [7, 11) is 0. The lowest BCUT2D eigenvalue weighted by Crippen LogP contribution is -2.07. The van der Waals surface area contributed by atoms with Gasteiger partial charge in [-0.3, -0.25) is 4.79 Å². The Kier molecular flexibility index (Phi) is 3.88. The van der Waals surface area contributed by atoms with E-state index in [0.717, 1.165) is 10.8 Å². The molecule has 0 aromatic carbocycles. The molecular formula is C9H14N2O2S. The molecule has 5 heteroatoms. The van der Waals surface area contributed by atoms with Gasteiger partial charge in [-0.2, -0.15) is 0 Å². The summed E-state index contributed by atoms with van der Waals surface area (Å²) in [5.41, 5.74) is 1.05. The molecule has 0 radical (unpaired) electrons. The van der Waals surface area contributed by atoms with Crippen LogP contribution in [0.4, 0.5) is 5.13 Å². The quantitative estimate of drug-likeness (QED) is 0.788. The lowest BCUT2D eigenvalue weighted by molar-refractivity contribution is -0.136. The van der Waals surface area contributed by atoms with Crippen molar-refractivity contribution in [3.05, 3.63) is 11.1 Å². The van der Waals surface area contributed by atoms with Crippen molar-refractivity contribution >= 4 is 22.4 Å². The van der Waals surface area contributed by atoms with E-state index in [0.29, 0.717) is 12.5 Å². The first-order valence-corrected chi connectivity index (χ1v) is 5.38. The van der Waals surface area contributed by atoms with Crippen LogP contribution < -0.4 is 5.32 Å². The van der Waals surface area contributed by atoms with E-state index in [4.69, 9.17) is 5.11 Å². The van der Waals surface area contributed by atoms with Crippen molar-refractivity contribution in [3.63, 3.8) is 0 Å². The van der Waals surface area contributed by atoms with Crippen molar-refractivity contribution in [2.45, 2.75) is 26.2 Å². The molecule has 14 heavy (non-hydrogen) atoms. The lowest BCUT2D eigenvalue weighted by Gasteiger charge is -1.99. The molecule has 1 aromatic rings. The molecule has 1 heterocycles. The molecule has 1 rings (SSSR count). The van der Waals surface area contributed by atoms with Gasteiger partial charge in [0.15, 0.2) is 5.13 Å². The highest BCUT2D eigenvalue weighted by Crippen LogP contribution is 2.21. The van der Waals surface area contributed by atoms with Gasteiger partial charge in [0.25, 0.3) is 0 Å². The summed E-state index contributed by atoms with van der Waals surface area (Å²) in [5.74, 6) is -0.376. The van der Waals surface area contributed by atoms with Crippen LogP contribution in [-0.2, 0) is 4.79 Å². The van der Waals surface area contributed by atoms with Gasteiger partial charge in [-0.25, -0.2) is 4.98 Å². The summed E-state index contributed by atoms with van der Waals surface area (Å²) in [6.45, 7) is 4.59. The number of aliphatic carboxylic acids is 1. The predicted molar refractivity (Wildman–Crippen MR) is 56.9 cm³/mol. The number of nitrogens with one attached hydrogen (secondary N) is 1. The van der Waals surface area contributed by atoms with Crippen LogP contribution >= 0.6 is 11.3 Å². The highest BCUT2D eigenvalue weighted by Gasteiger charge is 2.05. The fraction of sp³-hybridized carbons (Fsp3) is 0.556. The summed E-state index contributed by atoms with van der Waals surface area (Å²) in [6.07, 6.45) is 0.122. The first kappa shape index (κ1) is 11.0. The molecule has 0 aliphatic rings. The third-order valence-corrected chi connectivity index (χ3v) is 2.55. The number of hydrogen-bond acceptors (Lipinski definition) is 4. The molecule has 2 N–H and O–H groups in total. The Labute approximate surface area is 87.0 Å². The zero-order valence-electron chi connectivity index (χ0n) is 8.28. The van der Waals surface area contributed by atoms with Crippen LogP contribution in [0.5, 0.6) is 0 Å². The van der Waals surface area contributed by atoms with Gasteiger partial charge in [0.05, 0.1) is 12.1 Å². The van der Waals surface area contributed by atoms with E-state index in [-0.39, 0.29) is 6.42 Å². The Hall–Kier alpha value is -1.10. The molecule has 0 atom stereocenters. The van der Waals surface area contributed by atoms with Crippen molar-refractivity contribution in [1.82, 2.24) is 4.98 Å². The van der Waals surface area contributed by atoms with Gasteiger partial charge < -0.3 is 10.4 Å². The predicted octanol–water partition coefficient (Wildman–Crippen LogP) is 2.15.